The minimum atomic E-state index is -0.656. The van der Waals surface area contributed by atoms with Crippen LogP contribution in [0, 0.1) is 11.6 Å². The van der Waals surface area contributed by atoms with Gasteiger partial charge in [-0.3, -0.25) is 0 Å². The fraction of sp³-hybridized carbons (Fsp3) is 0.0625. The summed E-state index contributed by atoms with van der Waals surface area (Å²) in [5, 5.41) is 22.6. The second kappa shape index (κ2) is 5.72. The molecule has 1 aliphatic rings. The largest absolute Gasteiger partial charge is 0.508 e. The van der Waals surface area contributed by atoms with Crippen LogP contribution in [0.4, 0.5) is 8.78 Å². The van der Waals surface area contributed by atoms with Gasteiger partial charge < -0.3 is 5.11 Å². The van der Waals surface area contributed by atoms with Crippen LogP contribution in [-0.2, 0) is 0 Å². The average molecular weight is 344 g/mol. The first-order chi connectivity index (χ1) is 11.6. The second-order valence-electron chi connectivity index (χ2n) is 5.12. The van der Waals surface area contributed by atoms with E-state index in [1.165, 1.54) is 40.7 Å². The maximum absolute atomic E-state index is 14.0. The lowest BCUT2D eigenvalue weighted by Gasteiger charge is -2.14. The summed E-state index contributed by atoms with van der Waals surface area (Å²) in [5.41, 5.74) is 1.45. The molecule has 8 heteroatoms. The highest BCUT2D eigenvalue weighted by molar-refractivity contribution is 7.99. The number of rotatable bonds is 2. The number of hydrogen-bond donors (Lipinski definition) is 1. The summed E-state index contributed by atoms with van der Waals surface area (Å²) < 4.78 is 28.6. The van der Waals surface area contributed by atoms with Crippen LogP contribution in [0.25, 0.3) is 11.4 Å². The lowest BCUT2D eigenvalue weighted by atomic mass is 10.1. The highest BCUT2D eigenvalue weighted by Gasteiger charge is 2.22. The fourth-order valence-electron chi connectivity index (χ4n) is 2.37. The number of fused-ring (bicyclic) bond motifs is 1. The Morgan fingerprint density at radius 2 is 1.83 bits per heavy atom. The number of thioether (sulfide) groups is 1. The third-order valence-electron chi connectivity index (χ3n) is 3.54. The molecule has 2 heterocycles. The Hall–Kier alpha value is -2.74. The second-order valence-corrected chi connectivity index (χ2v) is 6.07. The van der Waals surface area contributed by atoms with Gasteiger partial charge >= 0.3 is 0 Å². The summed E-state index contributed by atoms with van der Waals surface area (Å²) in [6.07, 6.45) is 0. The van der Waals surface area contributed by atoms with Crippen molar-refractivity contribution >= 4 is 17.5 Å². The number of aromatic nitrogens is 3. The minimum Gasteiger partial charge on any atom is -0.508 e. The van der Waals surface area contributed by atoms with Gasteiger partial charge in [0.2, 0.25) is 5.16 Å². The number of halogens is 2. The molecule has 0 aliphatic carbocycles. The summed E-state index contributed by atoms with van der Waals surface area (Å²) in [5.74, 6) is -0.246. The Labute approximate surface area is 139 Å². The van der Waals surface area contributed by atoms with Gasteiger partial charge in [-0.05, 0) is 36.4 Å². The molecule has 0 amide bonds. The van der Waals surface area contributed by atoms with E-state index in [-0.39, 0.29) is 11.3 Å². The van der Waals surface area contributed by atoms with Gasteiger partial charge in [-0.15, -0.1) is 10.2 Å². The quantitative estimate of drug-likeness (QED) is 0.775. The lowest BCUT2D eigenvalue weighted by Crippen LogP contribution is -2.15. The zero-order chi connectivity index (χ0) is 16.7. The van der Waals surface area contributed by atoms with E-state index in [9.17, 15) is 13.9 Å². The van der Waals surface area contributed by atoms with E-state index in [2.05, 4.69) is 15.3 Å². The number of hydrogen-bond acceptors (Lipinski definition) is 5. The summed E-state index contributed by atoms with van der Waals surface area (Å²) in [6.45, 7) is 0. The number of benzene rings is 2. The summed E-state index contributed by atoms with van der Waals surface area (Å²) >= 11 is 1.37. The van der Waals surface area contributed by atoms with E-state index in [0.717, 1.165) is 11.6 Å². The molecule has 5 nitrogen and oxygen atoms in total. The number of aromatic hydroxyl groups is 1. The van der Waals surface area contributed by atoms with E-state index >= 15 is 0 Å². The van der Waals surface area contributed by atoms with Gasteiger partial charge in [0.15, 0.2) is 5.82 Å². The van der Waals surface area contributed by atoms with Gasteiger partial charge in [0.05, 0.1) is 5.71 Å². The zero-order valence-electron chi connectivity index (χ0n) is 12.1. The Morgan fingerprint density at radius 1 is 1.04 bits per heavy atom. The first-order valence-corrected chi connectivity index (χ1v) is 8.01. The molecule has 0 atom stereocenters. The van der Waals surface area contributed by atoms with Crippen LogP contribution in [0.15, 0.2) is 52.7 Å². The average Bonchev–Trinajstić information content (AvgIpc) is 2.99. The highest BCUT2D eigenvalue weighted by Crippen LogP contribution is 2.29. The van der Waals surface area contributed by atoms with Crippen LogP contribution >= 0.6 is 11.8 Å². The molecule has 0 saturated carbocycles. The van der Waals surface area contributed by atoms with Crippen LogP contribution in [0.2, 0.25) is 0 Å². The first kappa shape index (κ1) is 14.8. The SMILES string of the molecule is Oc1ccc(-c2nnc3n2N=C(c2ccc(F)cc2F)CS3)cc1. The zero-order valence-corrected chi connectivity index (χ0v) is 13.0. The molecule has 4 rings (SSSR count). The third-order valence-corrected chi connectivity index (χ3v) is 4.47. The molecule has 24 heavy (non-hydrogen) atoms. The van der Waals surface area contributed by atoms with Crippen LogP contribution in [0.5, 0.6) is 5.75 Å². The van der Waals surface area contributed by atoms with Crippen molar-refractivity contribution in [2.45, 2.75) is 5.16 Å². The maximum Gasteiger partial charge on any atom is 0.212 e. The van der Waals surface area contributed by atoms with Gasteiger partial charge in [0, 0.05) is 22.9 Å². The van der Waals surface area contributed by atoms with Crippen molar-refractivity contribution < 1.29 is 13.9 Å². The van der Waals surface area contributed by atoms with Crippen LogP contribution in [0.3, 0.4) is 0 Å². The van der Waals surface area contributed by atoms with Crippen LogP contribution in [0.1, 0.15) is 5.56 Å². The van der Waals surface area contributed by atoms with E-state index < -0.39 is 11.6 Å². The smallest absolute Gasteiger partial charge is 0.212 e. The molecule has 0 spiro atoms. The van der Waals surface area contributed by atoms with E-state index in [0.29, 0.717) is 22.4 Å². The highest BCUT2D eigenvalue weighted by atomic mass is 32.2. The van der Waals surface area contributed by atoms with Gasteiger partial charge in [-0.25, -0.2) is 8.78 Å². The Bertz CT molecular complexity index is 953. The fourth-order valence-corrected chi connectivity index (χ4v) is 3.20. The van der Waals surface area contributed by atoms with E-state index in [4.69, 9.17) is 0 Å². The lowest BCUT2D eigenvalue weighted by molar-refractivity contribution is 0.475. The topological polar surface area (TPSA) is 63.3 Å². The van der Waals surface area contributed by atoms with E-state index in [1.54, 1.807) is 12.1 Å². The summed E-state index contributed by atoms with van der Waals surface area (Å²) in [4.78, 5) is 0. The van der Waals surface area contributed by atoms with Gasteiger partial charge in [-0.1, -0.05) is 11.8 Å². The Balaban J connectivity index is 1.80. The van der Waals surface area contributed by atoms with Crippen molar-refractivity contribution in [1.29, 1.82) is 0 Å². The van der Waals surface area contributed by atoms with Crippen LogP contribution in [-0.4, -0.2) is 31.4 Å². The molecular weight excluding hydrogens is 334 g/mol. The normalized spacial score (nSPS) is 13.5. The van der Waals surface area contributed by atoms with Gasteiger partial charge in [0.25, 0.3) is 0 Å². The monoisotopic (exact) mass is 344 g/mol. The predicted molar refractivity (Wildman–Crippen MR) is 86.1 cm³/mol. The van der Waals surface area contributed by atoms with E-state index in [1.807, 2.05) is 0 Å². The first-order valence-electron chi connectivity index (χ1n) is 7.03. The molecule has 3 aromatic rings. The van der Waals surface area contributed by atoms with Gasteiger partial charge in [-0.2, -0.15) is 9.78 Å². The van der Waals surface area contributed by atoms with Crippen LogP contribution < -0.4 is 0 Å². The molecule has 2 aromatic carbocycles. The Morgan fingerprint density at radius 3 is 2.58 bits per heavy atom. The molecule has 1 aromatic heterocycles. The van der Waals surface area contributed by atoms with Crippen molar-refractivity contribution in [1.82, 2.24) is 14.9 Å². The maximum atomic E-state index is 14.0. The standard InChI is InChI=1S/C16H10F2N4OS/c17-10-3-6-12(13(18)7-10)14-8-24-16-20-19-15(22(16)21-14)9-1-4-11(23)5-2-9/h1-7,23H,8H2. The van der Waals surface area contributed by atoms with Gasteiger partial charge in [0.1, 0.15) is 17.4 Å². The number of phenols is 1. The minimum absolute atomic E-state index is 0.143. The molecule has 0 unspecified atom stereocenters. The molecule has 120 valence electrons. The number of nitrogens with zero attached hydrogens (tertiary/aromatic N) is 4. The molecule has 0 radical (unpaired) electrons. The Kier molecular flexibility index (Phi) is 3.53. The summed E-state index contributed by atoms with van der Waals surface area (Å²) in [7, 11) is 0. The number of phenolic OH excluding ortho intramolecular Hbond substituents is 1. The third kappa shape index (κ3) is 2.54. The van der Waals surface area contributed by atoms with Crippen molar-refractivity contribution in [2.75, 3.05) is 5.75 Å². The van der Waals surface area contributed by atoms with Crippen molar-refractivity contribution in [3.63, 3.8) is 0 Å². The predicted octanol–water partition coefficient (Wildman–Crippen LogP) is 3.29. The van der Waals surface area contributed by atoms with Crippen molar-refractivity contribution in [3.8, 4) is 17.1 Å². The molecule has 1 N–H and O–H groups in total. The molecular formula is C16H10F2N4OS. The van der Waals surface area contributed by atoms with Crippen molar-refractivity contribution in [3.05, 3.63) is 59.7 Å². The molecule has 0 saturated heterocycles. The van der Waals surface area contributed by atoms with Crippen molar-refractivity contribution in [2.24, 2.45) is 5.10 Å². The molecule has 0 bridgehead atoms. The molecule has 0 fully saturated rings. The summed E-state index contributed by atoms with van der Waals surface area (Å²) in [6, 6.07) is 9.88. The molecule has 1 aliphatic heterocycles.